The molecular formula is C14H14N4O2. The minimum atomic E-state index is -0.793. The average Bonchev–Trinajstić information content (AvgIpc) is 2.49. The number of aromatic nitrogens is 2. The fraction of sp³-hybridized carbons (Fsp3) is 0.143. The van der Waals surface area contributed by atoms with Gasteiger partial charge in [-0.15, -0.1) is 0 Å². The van der Waals surface area contributed by atoms with E-state index in [1.807, 2.05) is 30.3 Å². The Kier molecular flexibility index (Phi) is 4.39. The van der Waals surface area contributed by atoms with Crippen molar-refractivity contribution in [3.05, 3.63) is 54.4 Å². The highest BCUT2D eigenvalue weighted by molar-refractivity contribution is 6.39. The average molecular weight is 270 g/mol. The van der Waals surface area contributed by atoms with Crippen molar-refractivity contribution in [2.45, 2.75) is 13.0 Å². The molecule has 2 aromatic rings. The van der Waals surface area contributed by atoms with Crippen molar-refractivity contribution < 1.29 is 9.59 Å². The number of anilines is 1. The van der Waals surface area contributed by atoms with Gasteiger partial charge in [-0.1, -0.05) is 30.3 Å². The van der Waals surface area contributed by atoms with E-state index in [1.165, 1.54) is 12.4 Å². The number of hydrogen-bond acceptors (Lipinski definition) is 4. The first-order valence-electron chi connectivity index (χ1n) is 6.10. The maximum atomic E-state index is 11.8. The largest absolute Gasteiger partial charge is 0.341 e. The van der Waals surface area contributed by atoms with Crippen LogP contribution in [0.4, 0.5) is 5.95 Å². The summed E-state index contributed by atoms with van der Waals surface area (Å²) >= 11 is 0. The zero-order chi connectivity index (χ0) is 14.4. The topological polar surface area (TPSA) is 84.0 Å². The van der Waals surface area contributed by atoms with Crippen LogP contribution >= 0.6 is 0 Å². The van der Waals surface area contributed by atoms with Gasteiger partial charge in [0.1, 0.15) is 0 Å². The molecule has 0 aliphatic heterocycles. The first kappa shape index (κ1) is 13.7. The van der Waals surface area contributed by atoms with Gasteiger partial charge in [-0.2, -0.15) is 0 Å². The lowest BCUT2D eigenvalue weighted by molar-refractivity contribution is -0.136. The second kappa shape index (κ2) is 6.42. The third-order valence-electron chi connectivity index (χ3n) is 2.64. The molecule has 0 fully saturated rings. The van der Waals surface area contributed by atoms with E-state index in [9.17, 15) is 9.59 Å². The standard InChI is InChI=1S/C14H14N4O2/c1-10(11-6-3-2-4-7-11)17-12(19)13(20)18-14-15-8-5-9-16-14/h2-10H,1H3,(H,17,19)(H,15,16,18,20). The molecule has 6 nitrogen and oxygen atoms in total. The van der Waals surface area contributed by atoms with Gasteiger partial charge in [0.25, 0.3) is 0 Å². The molecule has 1 unspecified atom stereocenters. The van der Waals surface area contributed by atoms with Crippen molar-refractivity contribution in [1.82, 2.24) is 15.3 Å². The van der Waals surface area contributed by atoms with Crippen molar-refractivity contribution in [2.75, 3.05) is 5.32 Å². The molecule has 2 amide bonds. The zero-order valence-corrected chi connectivity index (χ0v) is 10.9. The second-order valence-corrected chi connectivity index (χ2v) is 4.13. The summed E-state index contributed by atoms with van der Waals surface area (Å²) in [6.45, 7) is 1.81. The van der Waals surface area contributed by atoms with Crippen LogP contribution in [0.15, 0.2) is 48.8 Å². The Morgan fingerprint density at radius 1 is 1.00 bits per heavy atom. The summed E-state index contributed by atoms with van der Waals surface area (Å²) in [5, 5.41) is 4.93. The number of amides is 2. The lowest BCUT2D eigenvalue weighted by atomic mass is 10.1. The fourth-order valence-corrected chi connectivity index (χ4v) is 1.61. The molecule has 2 N–H and O–H groups in total. The second-order valence-electron chi connectivity index (χ2n) is 4.13. The highest BCUT2D eigenvalue weighted by Crippen LogP contribution is 2.10. The number of rotatable bonds is 3. The molecule has 1 aromatic heterocycles. The van der Waals surface area contributed by atoms with Gasteiger partial charge in [-0.25, -0.2) is 9.97 Å². The molecule has 1 heterocycles. The third-order valence-corrected chi connectivity index (χ3v) is 2.64. The number of carbonyl (C=O) groups is 2. The van der Waals surface area contributed by atoms with Gasteiger partial charge in [0, 0.05) is 12.4 Å². The van der Waals surface area contributed by atoms with Crippen molar-refractivity contribution >= 4 is 17.8 Å². The van der Waals surface area contributed by atoms with Crippen LogP contribution in [0.1, 0.15) is 18.5 Å². The fourth-order valence-electron chi connectivity index (χ4n) is 1.61. The van der Waals surface area contributed by atoms with E-state index in [1.54, 1.807) is 13.0 Å². The van der Waals surface area contributed by atoms with Gasteiger partial charge in [0.05, 0.1) is 6.04 Å². The van der Waals surface area contributed by atoms with Crippen LogP contribution in [-0.2, 0) is 9.59 Å². The Hall–Kier alpha value is -2.76. The van der Waals surface area contributed by atoms with E-state index < -0.39 is 11.8 Å². The molecule has 0 bridgehead atoms. The first-order chi connectivity index (χ1) is 9.66. The van der Waals surface area contributed by atoms with Crippen LogP contribution in [0.3, 0.4) is 0 Å². The predicted molar refractivity (Wildman–Crippen MR) is 73.7 cm³/mol. The van der Waals surface area contributed by atoms with Gasteiger partial charge in [0.2, 0.25) is 5.95 Å². The van der Waals surface area contributed by atoms with Gasteiger partial charge < -0.3 is 5.32 Å². The Morgan fingerprint density at radius 2 is 1.65 bits per heavy atom. The third kappa shape index (κ3) is 3.61. The highest BCUT2D eigenvalue weighted by Gasteiger charge is 2.17. The summed E-state index contributed by atoms with van der Waals surface area (Å²) in [6, 6.07) is 10.7. The number of benzene rings is 1. The van der Waals surface area contributed by atoms with Crippen LogP contribution in [0.5, 0.6) is 0 Å². The SMILES string of the molecule is CC(NC(=O)C(=O)Nc1ncccn1)c1ccccc1. The molecule has 0 saturated carbocycles. The van der Waals surface area contributed by atoms with Crippen molar-refractivity contribution in [3.63, 3.8) is 0 Å². The molecule has 1 atom stereocenters. The lowest BCUT2D eigenvalue weighted by Crippen LogP contribution is -2.37. The van der Waals surface area contributed by atoms with Crippen LogP contribution in [0.2, 0.25) is 0 Å². The van der Waals surface area contributed by atoms with Crippen molar-refractivity contribution in [1.29, 1.82) is 0 Å². The highest BCUT2D eigenvalue weighted by atomic mass is 16.2. The van der Waals surface area contributed by atoms with E-state index in [4.69, 9.17) is 0 Å². The Labute approximate surface area is 116 Å². The summed E-state index contributed by atoms with van der Waals surface area (Å²) in [5.74, 6) is -1.42. The van der Waals surface area contributed by atoms with Crippen LogP contribution in [-0.4, -0.2) is 21.8 Å². The number of nitrogens with one attached hydrogen (secondary N) is 2. The summed E-state index contributed by atoms with van der Waals surface area (Å²) in [5.41, 5.74) is 0.921. The number of carbonyl (C=O) groups excluding carboxylic acids is 2. The minimum absolute atomic E-state index is 0.0972. The maximum absolute atomic E-state index is 11.8. The molecule has 0 saturated heterocycles. The number of nitrogens with zero attached hydrogens (tertiary/aromatic N) is 2. The molecule has 0 aliphatic rings. The molecule has 1 aromatic carbocycles. The molecule has 2 rings (SSSR count). The Bertz CT molecular complexity index is 587. The molecule has 102 valence electrons. The van der Waals surface area contributed by atoms with Crippen molar-refractivity contribution in [3.8, 4) is 0 Å². The van der Waals surface area contributed by atoms with Gasteiger partial charge in [-0.3, -0.25) is 14.9 Å². The molecular weight excluding hydrogens is 256 g/mol. The van der Waals surface area contributed by atoms with Crippen LogP contribution in [0, 0.1) is 0 Å². The van der Waals surface area contributed by atoms with E-state index in [2.05, 4.69) is 20.6 Å². The monoisotopic (exact) mass is 270 g/mol. The molecule has 0 radical (unpaired) electrons. The normalized spacial score (nSPS) is 11.4. The van der Waals surface area contributed by atoms with Crippen LogP contribution < -0.4 is 10.6 Å². The summed E-state index contributed by atoms with van der Waals surface area (Å²) in [4.78, 5) is 31.1. The van der Waals surface area contributed by atoms with Crippen LogP contribution in [0.25, 0.3) is 0 Å². The zero-order valence-electron chi connectivity index (χ0n) is 10.9. The lowest BCUT2D eigenvalue weighted by Gasteiger charge is -2.13. The van der Waals surface area contributed by atoms with Gasteiger partial charge in [0.15, 0.2) is 0 Å². The smallest absolute Gasteiger partial charge is 0.316 e. The van der Waals surface area contributed by atoms with E-state index >= 15 is 0 Å². The predicted octanol–water partition coefficient (Wildman–Crippen LogP) is 1.29. The van der Waals surface area contributed by atoms with Crippen molar-refractivity contribution in [2.24, 2.45) is 0 Å². The van der Waals surface area contributed by atoms with Gasteiger partial charge >= 0.3 is 11.8 Å². The summed E-state index contributed by atoms with van der Waals surface area (Å²) in [6.07, 6.45) is 2.96. The number of hydrogen-bond donors (Lipinski definition) is 2. The summed E-state index contributed by atoms with van der Waals surface area (Å²) < 4.78 is 0. The minimum Gasteiger partial charge on any atom is -0.341 e. The molecule has 20 heavy (non-hydrogen) atoms. The maximum Gasteiger partial charge on any atom is 0.316 e. The summed E-state index contributed by atoms with van der Waals surface area (Å²) in [7, 11) is 0. The van der Waals surface area contributed by atoms with E-state index in [-0.39, 0.29) is 12.0 Å². The van der Waals surface area contributed by atoms with E-state index in [0.29, 0.717) is 0 Å². The molecule has 0 aliphatic carbocycles. The first-order valence-corrected chi connectivity index (χ1v) is 6.10. The Balaban J connectivity index is 1.93. The molecule has 6 heteroatoms. The quantitative estimate of drug-likeness (QED) is 0.823. The van der Waals surface area contributed by atoms with Gasteiger partial charge in [-0.05, 0) is 18.6 Å². The molecule has 0 spiro atoms. The van der Waals surface area contributed by atoms with E-state index in [0.717, 1.165) is 5.56 Å². The Morgan fingerprint density at radius 3 is 2.30 bits per heavy atom.